The summed E-state index contributed by atoms with van der Waals surface area (Å²) in [4.78, 5) is 20.6. The van der Waals surface area contributed by atoms with Crippen molar-refractivity contribution in [3.8, 4) is 11.3 Å². The zero-order valence-electron chi connectivity index (χ0n) is 16.0. The molecule has 0 fully saturated rings. The molecule has 144 valence electrons. The van der Waals surface area contributed by atoms with Gasteiger partial charge < -0.3 is 15.2 Å². The Morgan fingerprint density at radius 2 is 1.66 bits per heavy atom. The second-order valence-electron chi connectivity index (χ2n) is 6.53. The van der Waals surface area contributed by atoms with E-state index in [0.717, 1.165) is 16.9 Å². The van der Waals surface area contributed by atoms with Crippen molar-refractivity contribution in [1.82, 2.24) is 15.1 Å². The van der Waals surface area contributed by atoms with Gasteiger partial charge in [-0.2, -0.15) is 4.98 Å². The van der Waals surface area contributed by atoms with Gasteiger partial charge in [-0.05, 0) is 38.1 Å². The Morgan fingerprint density at radius 1 is 0.897 bits per heavy atom. The molecule has 29 heavy (non-hydrogen) atoms. The SMILES string of the molecule is CC(=O)c1ccc(Nc2nc(Nc3cc(C)on3)cc(-c3ccccc3)n2)cc1. The molecule has 0 spiro atoms. The molecule has 0 aliphatic rings. The van der Waals surface area contributed by atoms with Crippen LogP contribution in [0, 0.1) is 6.92 Å². The first-order chi connectivity index (χ1) is 14.1. The number of rotatable bonds is 6. The first kappa shape index (κ1) is 18.4. The Bertz CT molecular complexity index is 1140. The highest BCUT2D eigenvalue weighted by atomic mass is 16.5. The van der Waals surface area contributed by atoms with Gasteiger partial charge in [-0.3, -0.25) is 4.79 Å². The number of ketones is 1. The average molecular weight is 385 g/mol. The number of anilines is 4. The second-order valence-corrected chi connectivity index (χ2v) is 6.53. The maximum absolute atomic E-state index is 11.5. The number of hydrogen-bond donors (Lipinski definition) is 2. The molecule has 2 heterocycles. The average Bonchev–Trinajstić information content (AvgIpc) is 3.13. The first-order valence-corrected chi connectivity index (χ1v) is 9.10. The van der Waals surface area contributed by atoms with Crippen LogP contribution in [0.15, 0.2) is 71.3 Å². The van der Waals surface area contributed by atoms with Crippen LogP contribution in [-0.2, 0) is 0 Å². The lowest BCUT2D eigenvalue weighted by Gasteiger charge is -2.11. The van der Waals surface area contributed by atoms with Gasteiger partial charge in [0.15, 0.2) is 11.6 Å². The number of aromatic nitrogens is 3. The molecule has 0 saturated carbocycles. The molecule has 2 N–H and O–H groups in total. The molecule has 0 unspecified atom stereocenters. The Balaban J connectivity index is 1.67. The highest BCUT2D eigenvalue weighted by molar-refractivity contribution is 5.94. The predicted molar refractivity (Wildman–Crippen MR) is 112 cm³/mol. The van der Waals surface area contributed by atoms with Crippen molar-refractivity contribution < 1.29 is 9.32 Å². The van der Waals surface area contributed by atoms with Gasteiger partial charge in [0.05, 0.1) is 5.69 Å². The Hall–Kier alpha value is -4.00. The summed E-state index contributed by atoms with van der Waals surface area (Å²) in [7, 11) is 0. The molecule has 0 bridgehead atoms. The van der Waals surface area contributed by atoms with Gasteiger partial charge in [0, 0.05) is 28.9 Å². The summed E-state index contributed by atoms with van der Waals surface area (Å²) in [6.45, 7) is 3.36. The van der Waals surface area contributed by atoms with Crippen LogP contribution in [0.25, 0.3) is 11.3 Å². The summed E-state index contributed by atoms with van der Waals surface area (Å²) in [6, 6.07) is 20.7. The standard InChI is InChI=1S/C22H19N5O2/c1-14-12-21(27-29-14)25-20-13-19(17-6-4-3-5-7-17)24-22(26-20)23-18-10-8-16(9-11-18)15(2)28/h3-13H,1-2H3,(H2,23,24,25,26,27). The van der Waals surface area contributed by atoms with Crippen LogP contribution in [0.2, 0.25) is 0 Å². The van der Waals surface area contributed by atoms with Crippen LogP contribution in [0.3, 0.4) is 0 Å². The van der Waals surface area contributed by atoms with Crippen molar-refractivity contribution in [2.45, 2.75) is 13.8 Å². The number of carbonyl (C=O) groups is 1. The molecular formula is C22H19N5O2. The highest BCUT2D eigenvalue weighted by Crippen LogP contribution is 2.25. The number of hydrogen-bond acceptors (Lipinski definition) is 7. The summed E-state index contributed by atoms with van der Waals surface area (Å²) in [6.07, 6.45) is 0. The van der Waals surface area contributed by atoms with E-state index >= 15 is 0 Å². The molecule has 2 aromatic heterocycles. The number of nitrogens with zero attached hydrogens (tertiary/aromatic N) is 3. The maximum Gasteiger partial charge on any atom is 0.229 e. The molecule has 0 atom stereocenters. The molecule has 0 aliphatic carbocycles. The third-order valence-electron chi connectivity index (χ3n) is 4.23. The molecule has 0 saturated heterocycles. The maximum atomic E-state index is 11.5. The van der Waals surface area contributed by atoms with E-state index in [2.05, 4.69) is 25.8 Å². The first-order valence-electron chi connectivity index (χ1n) is 9.10. The van der Waals surface area contributed by atoms with Crippen LogP contribution in [0.5, 0.6) is 0 Å². The molecule has 4 rings (SSSR count). The van der Waals surface area contributed by atoms with Gasteiger partial charge in [-0.1, -0.05) is 35.5 Å². The van der Waals surface area contributed by atoms with Crippen molar-refractivity contribution in [1.29, 1.82) is 0 Å². The van der Waals surface area contributed by atoms with E-state index < -0.39 is 0 Å². The van der Waals surface area contributed by atoms with Crippen molar-refractivity contribution in [3.05, 3.63) is 78.1 Å². The lowest BCUT2D eigenvalue weighted by molar-refractivity contribution is 0.101. The van der Waals surface area contributed by atoms with E-state index in [0.29, 0.717) is 28.9 Å². The van der Waals surface area contributed by atoms with E-state index in [1.807, 2.05) is 55.5 Å². The van der Waals surface area contributed by atoms with E-state index in [-0.39, 0.29) is 5.78 Å². The van der Waals surface area contributed by atoms with E-state index in [9.17, 15) is 4.79 Å². The summed E-state index contributed by atoms with van der Waals surface area (Å²) in [5.74, 6) is 2.29. The van der Waals surface area contributed by atoms with Gasteiger partial charge in [-0.15, -0.1) is 0 Å². The number of nitrogens with one attached hydrogen (secondary N) is 2. The van der Waals surface area contributed by atoms with Crippen LogP contribution in [-0.4, -0.2) is 20.9 Å². The van der Waals surface area contributed by atoms with Gasteiger partial charge in [0.2, 0.25) is 5.95 Å². The molecule has 7 heteroatoms. The van der Waals surface area contributed by atoms with Crippen molar-refractivity contribution in [2.24, 2.45) is 0 Å². The molecule has 0 amide bonds. The summed E-state index contributed by atoms with van der Waals surface area (Å²) in [5, 5.41) is 10.3. The molecule has 0 radical (unpaired) electrons. The Morgan fingerprint density at radius 3 is 2.31 bits per heavy atom. The lowest BCUT2D eigenvalue weighted by Crippen LogP contribution is -2.03. The number of carbonyl (C=O) groups excluding carboxylic acids is 1. The monoisotopic (exact) mass is 385 g/mol. The molecule has 4 aromatic rings. The van der Waals surface area contributed by atoms with E-state index in [4.69, 9.17) is 4.52 Å². The summed E-state index contributed by atoms with van der Waals surface area (Å²) < 4.78 is 5.11. The van der Waals surface area contributed by atoms with Crippen molar-refractivity contribution in [3.63, 3.8) is 0 Å². The van der Waals surface area contributed by atoms with Gasteiger partial charge in [-0.25, -0.2) is 4.98 Å². The largest absolute Gasteiger partial charge is 0.360 e. The van der Waals surface area contributed by atoms with E-state index in [1.165, 1.54) is 0 Å². The molecule has 7 nitrogen and oxygen atoms in total. The normalized spacial score (nSPS) is 10.6. The van der Waals surface area contributed by atoms with Crippen molar-refractivity contribution in [2.75, 3.05) is 10.6 Å². The zero-order valence-corrected chi connectivity index (χ0v) is 16.0. The van der Waals surface area contributed by atoms with Gasteiger partial charge >= 0.3 is 0 Å². The minimum Gasteiger partial charge on any atom is -0.360 e. The zero-order chi connectivity index (χ0) is 20.2. The van der Waals surface area contributed by atoms with Crippen LogP contribution >= 0.6 is 0 Å². The highest BCUT2D eigenvalue weighted by Gasteiger charge is 2.10. The fraction of sp³-hybridized carbons (Fsp3) is 0.0909. The quantitative estimate of drug-likeness (QED) is 0.444. The fourth-order valence-corrected chi connectivity index (χ4v) is 2.80. The summed E-state index contributed by atoms with van der Waals surface area (Å²) >= 11 is 0. The minimum absolute atomic E-state index is 0.0215. The predicted octanol–water partition coefficient (Wildman–Crippen LogP) is 5.13. The number of aryl methyl sites for hydroxylation is 1. The summed E-state index contributed by atoms with van der Waals surface area (Å²) in [5.41, 5.74) is 3.15. The van der Waals surface area contributed by atoms with Crippen LogP contribution in [0.1, 0.15) is 23.0 Å². The molecule has 0 aliphatic heterocycles. The van der Waals surface area contributed by atoms with Crippen LogP contribution < -0.4 is 10.6 Å². The third-order valence-corrected chi connectivity index (χ3v) is 4.23. The van der Waals surface area contributed by atoms with Gasteiger partial charge in [0.1, 0.15) is 11.6 Å². The fourth-order valence-electron chi connectivity index (χ4n) is 2.80. The molecular weight excluding hydrogens is 366 g/mol. The topological polar surface area (TPSA) is 92.9 Å². The Labute approximate surface area is 167 Å². The minimum atomic E-state index is 0.0215. The molecule has 2 aromatic carbocycles. The Kier molecular flexibility index (Phi) is 5.03. The third kappa shape index (κ3) is 4.47. The second kappa shape index (κ2) is 7.93. The smallest absolute Gasteiger partial charge is 0.229 e. The van der Waals surface area contributed by atoms with Gasteiger partial charge in [0.25, 0.3) is 0 Å². The lowest BCUT2D eigenvalue weighted by atomic mass is 10.1. The number of benzene rings is 2. The van der Waals surface area contributed by atoms with Crippen molar-refractivity contribution >= 4 is 29.1 Å². The van der Waals surface area contributed by atoms with Crippen LogP contribution in [0.4, 0.5) is 23.3 Å². The number of Topliss-reactive ketones (excluding diaryl/α,β-unsaturated/α-hetero) is 1. The van der Waals surface area contributed by atoms with E-state index in [1.54, 1.807) is 25.1 Å².